The molecule has 1 aromatic heterocycles. The molecule has 0 amide bonds. The van der Waals surface area contributed by atoms with E-state index < -0.39 is 0 Å². The standard InChI is InChI=1S/C11H19N5OS/c1-2-3-10-13-11(18-15-10)16(8-4-5-8)7-6-9(12)14-17/h8,17H,2-7H2,1H3,(H2,12,14). The SMILES string of the molecule is CCCc1nsc(N(CCC(N)=NO)C2CC2)n1. The Morgan fingerprint density at radius 1 is 1.61 bits per heavy atom. The van der Waals surface area contributed by atoms with Crippen molar-refractivity contribution in [3.05, 3.63) is 5.82 Å². The summed E-state index contributed by atoms with van der Waals surface area (Å²) in [6.45, 7) is 2.86. The number of hydrogen-bond acceptors (Lipinski definition) is 6. The zero-order valence-electron chi connectivity index (χ0n) is 10.5. The van der Waals surface area contributed by atoms with Gasteiger partial charge in [0, 0.05) is 37.0 Å². The van der Waals surface area contributed by atoms with Gasteiger partial charge in [0.2, 0.25) is 5.13 Å². The molecule has 0 spiro atoms. The number of rotatable bonds is 7. The van der Waals surface area contributed by atoms with Crippen molar-refractivity contribution < 1.29 is 5.21 Å². The molecule has 1 aliphatic carbocycles. The average Bonchev–Trinajstić information content (AvgIpc) is 3.10. The number of nitrogens with zero attached hydrogens (tertiary/aromatic N) is 4. The third-order valence-electron chi connectivity index (χ3n) is 2.90. The Hall–Kier alpha value is -1.37. The van der Waals surface area contributed by atoms with Gasteiger partial charge in [0.1, 0.15) is 11.7 Å². The van der Waals surface area contributed by atoms with E-state index in [0.717, 1.165) is 30.3 Å². The van der Waals surface area contributed by atoms with Gasteiger partial charge >= 0.3 is 0 Å². The number of hydrogen-bond donors (Lipinski definition) is 2. The van der Waals surface area contributed by atoms with Gasteiger partial charge in [-0.3, -0.25) is 0 Å². The minimum atomic E-state index is 0.263. The summed E-state index contributed by atoms with van der Waals surface area (Å²) in [7, 11) is 0. The van der Waals surface area contributed by atoms with Crippen molar-refractivity contribution in [2.45, 2.75) is 45.1 Å². The molecule has 1 aliphatic rings. The molecule has 0 aliphatic heterocycles. The van der Waals surface area contributed by atoms with Crippen LogP contribution in [0.3, 0.4) is 0 Å². The number of anilines is 1. The van der Waals surface area contributed by atoms with Gasteiger partial charge in [-0.05, 0) is 19.3 Å². The van der Waals surface area contributed by atoms with Crippen LogP contribution in [0.2, 0.25) is 0 Å². The van der Waals surface area contributed by atoms with Crippen LogP contribution in [0.5, 0.6) is 0 Å². The van der Waals surface area contributed by atoms with Crippen LogP contribution in [0, 0.1) is 0 Å². The maximum atomic E-state index is 8.57. The minimum absolute atomic E-state index is 0.263. The summed E-state index contributed by atoms with van der Waals surface area (Å²) < 4.78 is 4.36. The molecular formula is C11H19N5OS. The van der Waals surface area contributed by atoms with E-state index in [9.17, 15) is 0 Å². The summed E-state index contributed by atoms with van der Waals surface area (Å²) in [6.07, 6.45) is 4.92. The Labute approximate surface area is 111 Å². The fraction of sp³-hybridized carbons (Fsp3) is 0.727. The molecule has 2 rings (SSSR count). The molecule has 1 saturated carbocycles. The largest absolute Gasteiger partial charge is 0.409 e. The topological polar surface area (TPSA) is 87.6 Å². The van der Waals surface area contributed by atoms with Gasteiger partial charge < -0.3 is 15.8 Å². The maximum Gasteiger partial charge on any atom is 0.205 e. The number of nitrogens with two attached hydrogens (primary N) is 1. The molecule has 1 fully saturated rings. The molecule has 1 aromatic rings. The van der Waals surface area contributed by atoms with Gasteiger partial charge in [0.15, 0.2) is 0 Å². The predicted molar refractivity (Wildman–Crippen MR) is 72.3 cm³/mol. The van der Waals surface area contributed by atoms with Crippen molar-refractivity contribution in [3.8, 4) is 0 Å². The molecule has 100 valence electrons. The number of amidine groups is 1. The lowest BCUT2D eigenvalue weighted by molar-refractivity contribution is 0.317. The molecule has 0 bridgehead atoms. The first-order valence-corrected chi connectivity index (χ1v) is 7.07. The first-order valence-electron chi connectivity index (χ1n) is 6.30. The van der Waals surface area contributed by atoms with E-state index in [2.05, 4.69) is 26.3 Å². The van der Waals surface area contributed by atoms with E-state index in [1.807, 2.05) is 0 Å². The van der Waals surface area contributed by atoms with Crippen LogP contribution in [0.15, 0.2) is 5.16 Å². The molecular weight excluding hydrogens is 250 g/mol. The van der Waals surface area contributed by atoms with Gasteiger partial charge in [0.25, 0.3) is 0 Å². The highest BCUT2D eigenvalue weighted by molar-refractivity contribution is 7.09. The van der Waals surface area contributed by atoms with Crippen LogP contribution in [-0.4, -0.2) is 33.0 Å². The molecule has 6 nitrogen and oxygen atoms in total. The van der Waals surface area contributed by atoms with E-state index in [1.54, 1.807) is 0 Å². The van der Waals surface area contributed by atoms with Crippen molar-refractivity contribution in [1.29, 1.82) is 0 Å². The lowest BCUT2D eigenvalue weighted by atomic mass is 10.3. The summed E-state index contributed by atoms with van der Waals surface area (Å²) in [5.74, 6) is 1.19. The average molecular weight is 269 g/mol. The fourth-order valence-electron chi connectivity index (χ4n) is 1.79. The Kier molecular flexibility index (Phi) is 4.35. The smallest absolute Gasteiger partial charge is 0.205 e. The van der Waals surface area contributed by atoms with E-state index >= 15 is 0 Å². The van der Waals surface area contributed by atoms with Crippen molar-refractivity contribution in [2.75, 3.05) is 11.4 Å². The molecule has 0 unspecified atom stereocenters. The minimum Gasteiger partial charge on any atom is -0.409 e. The third-order valence-corrected chi connectivity index (χ3v) is 3.69. The molecule has 1 heterocycles. The van der Waals surface area contributed by atoms with Crippen molar-refractivity contribution >= 4 is 22.5 Å². The van der Waals surface area contributed by atoms with Gasteiger partial charge in [0.05, 0.1) is 0 Å². The Bertz CT molecular complexity index is 415. The normalized spacial score (nSPS) is 15.9. The van der Waals surface area contributed by atoms with E-state index in [-0.39, 0.29) is 5.84 Å². The summed E-state index contributed by atoms with van der Waals surface area (Å²) in [6, 6.07) is 0.555. The van der Waals surface area contributed by atoms with E-state index in [4.69, 9.17) is 10.9 Å². The van der Waals surface area contributed by atoms with Crippen molar-refractivity contribution in [2.24, 2.45) is 10.9 Å². The molecule has 0 radical (unpaired) electrons. The van der Waals surface area contributed by atoms with Gasteiger partial charge in [-0.15, -0.1) is 0 Å². The Balaban J connectivity index is 1.99. The monoisotopic (exact) mass is 269 g/mol. The molecule has 7 heteroatoms. The summed E-state index contributed by atoms with van der Waals surface area (Å²) in [5, 5.41) is 12.5. The highest BCUT2D eigenvalue weighted by atomic mass is 32.1. The fourth-order valence-corrected chi connectivity index (χ4v) is 2.60. The van der Waals surface area contributed by atoms with Crippen LogP contribution in [0.4, 0.5) is 5.13 Å². The summed E-state index contributed by atoms with van der Waals surface area (Å²) >= 11 is 1.45. The molecule has 0 aromatic carbocycles. The zero-order valence-corrected chi connectivity index (χ0v) is 11.4. The maximum absolute atomic E-state index is 8.57. The van der Waals surface area contributed by atoms with Gasteiger partial charge in [-0.1, -0.05) is 12.1 Å². The van der Waals surface area contributed by atoms with Gasteiger partial charge in [-0.25, -0.2) is 4.98 Å². The lowest BCUT2D eigenvalue weighted by Crippen LogP contribution is -2.30. The molecule has 0 atom stereocenters. The first-order chi connectivity index (χ1) is 8.74. The van der Waals surface area contributed by atoms with Crippen molar-refractivity contribution in [3.63, 3.8) is 0 Å². The number of aryl methyl sites for hydroxylation is 1. The van der Waals surface area contributed by atoms with E-state index in [0.29, 0.717) is 12.5 Å². The second kappa shape index (κ2) is 5.99. The number of oxime groups is 1. The highest BCUT2D eigenvalue weighted by Gasteiger charge is 2.31. The quantitative estimate of drug-likeness (QED) is 0.340. The van der Waals surface area contributed by atoms with Crippen LogP contribution in [-0.2, 0) is 6.42 Å². The first kappa shape index (κ1) is 13.1. The number of aromatic nitrogens is 2. The molecule has 0 saturated heterocycles. The van der Waals surface area contributed by atoms with Crippen LogP contribution >= 0.6 is 11.5 Å². The van der Waals surface area contributed by atoms with Gasteiger partial charge in [-0.2, -0.15) is 4.37 Å². The summed E-state index contributed by atoms with van der Waals surface area (Å²) in [5.41, 5.74) is 5.51. The molecule has 18 heavy (non-hydrogen) atoms. The highest BCUT2D eigenvalue weighted by Crippen LogP contribution is 2.32. The summed E-state index contributed by atoms with van der Waals surface area (Å²) in [4.78, 5) is 6.79. The van der Waals surface area contributed by atoms with Crippen molar-refractivity contribution in [1.82, 2.24) is 9.36 Å². The van der Waals surface area contributed by atoms with Crippen LogP contribution in [0.1, 0.15) is 38.4 Å². The Morgan fingerprint density at radius 3 is 3.00 bits per heavy atom. The lowest BCUT2D eigenvalue weighted by Gasteiger charge is -2.20. The molecule has 3 N–H and O–H groups in total. The Morgan fingerprint density at radius 2 is 2.39 bits per heavy atom. The second-order valence-corrected chi connectivity index (χ2v) is 5.24. The third kappa shape index (κ3) is 3.32. The predicted octanol–water partition coefficient (Wildman–Crippen LogP) is 1.60. The van der Waals surface area contributed by atoms with E-state index in [1.165, 1.54) is 24.4 Å². The van der Waals surface area contributed by atoms with Crippen LogP contribution in [0.25, 0.3) is 0 Å². The van der Waals surface area contributed by atoms with Crippen LogP contribution < -0.4 is 10.6 Å². The second-order valence-electron chi connectivity index (χ2n) is 4.51. The zero-order chi connectivity index (χ0) is 13.0.